The number of rotatable bonds is 5. The second-order valence-corrected chi connectivity index (χ2v) is 5.61. The largest absolute Gasteiger partial charge is 0.497 e. The zero-order chi connectivity index (χ0) is 15.9. The molecule has 0 saturated heterocycles. The number of carbonyl (C=O) groups is 2. The van der Waals surface area contributed by atoms with E-state index in [0.717, 1.165) is 3.57 Å². The van der Waals surface area contributed by atoms with Gasteiger partial charge in [0.05, 0.1) is 12.7 Å². The fourth-order valence-corrected chi connectivity index (χ4v) is 2.06. The minimum Gasteiger partial charge on any atom is -0.497 e. The molecule has 0 bridgehead atoms. The van der Waals surface area contributed by atoms with E-state index in [1.54, 1.807) is 55.6 Å². The Morgan fingerprint density at radius 3 is 2.55 bits per heavy atom. The predicted octanol–water partition coefficient (Wildman–Crippen LogP) is 3.10. The number of hydrogen-bond acceptors (Lipinski definition) is 4. The molecule has 2 rings (SSSR count). The van der Waals surface area contributed by atoms with Gasteiger partial charge < -0.3 is 14.8 Å². The molecular weight excluding hydrogens is 397 g/mol. The van der Waals surface area contributed by atoms with E-state index in [-0.39, 0.29) is 6.61 Å². The van der Waals surface area contributed by atoms with E-state index in [9.17, 15) is 9.59 Å². The smallest absolute Gasteiger partial charge is 0.338 e. The van der Waals surface area contributed by atoms with Crippen LogP contribution in [0, 0.1) is 3.57 Å². The highest BCUT2D eigenvalue weighted by Crippen LogP contribution is 2.16. The second-order valence-electron chi connectivity index (χ2n) is 4.36. The van der Waals surface area contributed by atoms with Gasteiger partial charge in [-0.25, -0.2) is 4.79 Å². The number of amides is 1. The fourth-order valence-electron chi connectivity index (χ4n) is 1.70. The lowest BCUT2D eigenvalue weighted by Gasteiger charge is -2.08. The van der Waals surface area contributed by atoms with Gasteiger partial charge >= 0.3 is 5.97 Å². The molecule has 0 aliphatic carbocycles. The van der Waals surface area contributed by atoms with Crippen molar-refractivity contribution in [3.63, 3.8) is 0 Å². The average molecular weight is 411 g/mol. The third kappa shape index (κ3) is 4.73. The zero-order valence-electron chi connectivity index (χ0n) is 11.8. The van der Waals surface area contributed by atoms with Crippen molar-refractivity contribution < 1.29 is 19.1 Å². The van der Waals surface area contributed by atoms with Gasteiger partial charge in [0.2, 0.25) is 0 Å². The molecule has 0 aromatic heterocycles. The number of hydrogen-bond donors (Lipinski definition) is 1. The number of nitrogens with one attached hydrogen (secondary N) is 1. The van der Waals surface area contributed by atoms with Crippen molar-refractivity contribution in [3.8, 4) is 5.75 Å². The topological polar surface area (TPSA) is 64.6 Å². The first kappa shape index (κ1) is 16.3. The van der Waals surface area contributed by atoms with Gasteiger partial charge in [0.25, 0.3) is 5.91 Å². The molecule has 0 aliphatic rings. The van der Waals surface area contributed by atoms with Crippen LogP contribution in [0.4, 0.5) is 5.69 Å². The molecule has 2 aromatic rings. The third-order valence-electron chi connectivity index (χ3n) is 2.77. The van der Waals surface area contributed by atoms with Crippen molar-refractivity contribution in [2.24, 2.45) is 0 Å². The Morgan fingerprint density at radius 1 is 1.14 bits per heavy atom. The van der Waals surface area contributed by atoms with Crippen LogP contribution < -0.4 is 10.1 Å². The number of ether oxygens (including phenoxy) is 2. The summed E-state index contributed by atoms with van der Waals surface area (Å²) in [6, 6.07) is 13.8. The van der Waals surface area contributed by atoms with Gasteiger partial charge in [-0.2, -0.15) is 0 Å². The maximum Gasteiger partial charge on any atom is 0.338 e. The van der Waals surface area contributed by atoms with Gasteiger partial charge in [-0.3, -0.25) is 4.79 Å². The number of methoxy groups -OCH3 is 1. The molecule has 0 radical (unpaired) electrons. The van der Waals surface area contributed by atoms with Crippen LogP contribution in [0.1, 0.15) is 10.4 Å². The summed E-state index contributed by atoms with van der Waals surface area (Å²) in [5.41, 5.74) is 0.990. The van der Waals surface area contributed by atoms with Gasteiger partial charge in [0.1, 0.15) is 5.75 Å². The first-order valence-corrected chi connectivity index (χ1v) is 7.53. The number of benzene rings is 2. The number of esters is 1. The molecule has 22 heavy (non-hydrogen) atoms. The van der Waals surface area contributed by atoms with Crippen molar-refractivity contribution in [2.75, 3.05) is 19.0 Å². The summed E-state index contributed by atoms with van der Waals surface area (Å²) in [6.07, 6.45) is 0. The number of anilines is 1. The van der Waals surface area contributed by atoms with E-state index in [4.69, 9.17) is 9.47 Å². The summed E-state index contributed by atoms with van der Waals surface area (Å²) in [5, 5.41) is 2.64. The van der Waals surface area contributed by atoms with Gasteiger partial charge in [0, 0.05) is 15.3 Å². The van der Waals surface area contributed by atoms with Gasteiger partial charge in [-0.1, -0.05) is 6.07 Å². The van der Waals surface area contributed by atoms with Crippen LogP contribution in [0.2, 0.25) is 0 Å². The Kier molecular flexibility index (Phi) is 5.76. The van der Waals surface area contributed by atoms with Crippen LogP contribution in [0.3, 0.4) is 0 Å². The van der Waals surface area contributed by atoms with Gasteiger partial charge in [-0.15, -0.1) is 0 Å². The van der Waals surface area contributed by atoms with E-state index < -0.39 is 11.9 Å². The second kappa shape index (κ2) is 7.79. The van der Waals surface area contributed by atoms with Crippen molar-refractivity contribution in [1.82, 2.24) is 0 Å². The fraction of sp³-hybridized carbons (Fsp3) is 0.125. The molecule has 0 unspecified atom stereocenters. The molecule has 0 heterocycles. The first-order valence-electron chi connectivity index (χ1n) is 6.45. The van der Waals surface area contributed by atoms with E-state index in [0.29, 0.717) is 17.0 Å². The maximum atomic E-state index is 11.8. The monoisotopic (exact) mass is 411 g/mol. The van der Waals surface area contributed by atoms with Crippen LogP contribution in [0.25, 0.3) is 0 Å². The molecule has 6 heteroatoms. The number of carbonyl (C=O) groups excluding carboxylic acids is 2. The highest BCUT2D eigenvalue weighted by Gasteiger charge is 2.10. The summed E-state index contributed by atoms with van der Waals surface area (Å²) in [7, 11) is 1.55. The zero-order valence-corrected chi connectivity index (χ0v) is 14.0. The van der Waals surface area contributed by atoms with Crippen LogP contribution >= 0.6 is 22.6 Å². The number of halogens is 1. The predicted molar refractivity (Wildman–Crippen MR) is 91.1 cm³/mol. The molecule has 1 amide bonds. The molecule has 5 nitrogen and oxygen atoms in total. The molecule has 1 N–H and O–H groups in total. The summed E-state index contributed by atoms with van der Waals surface area (Å²) in [4.78, 5) is 23.6. The average Bonchev–Trinajstić information content (AvgIpc) is 2.53. The van der Waals surface area contributed by atoms with Crippen LogP contribution in [-0.2, 0) is 9.53 Å². The Bertz CT molecular complexity index is 670. The summed E-state index contributed by atoms with van der Waals surface area (Å²) in [5.74, 6) is -0.307. The Labute approximate surface area is 141 Å². The summed E-state index contributed by atoms with van der Waals surface area (Å²) < 4.78 is 11.1. The Morgan fingerprint density at radius 2 is 1.86 bits per heavy atom. The molecule has 2 aromatic carbocycles. The van der Waals surface area contributed by atoms with E-state index in [1.165, 1.54) is 0 Å². The van der Waals surface area contributed by atoms with Gasteiger partial charge in [-0.05, 0) is 59.0 Å². The maximum absolute atomic E-state index is 11.8. The molecule has 0 saturated carbocycles. The molecule has 114 valence electrons. The third-order valence-corrected chi connectivity index (χ3v) is 3.49. The quantitative estimate of drug-likeness (QED) is 0.607. The Balaban J connectivity index is 1.87. The highest BCUT2D eigenvalue weighted by molar-refractivity contribution is 14.1. The summed E-state index contributed by atoms with van der Waals surface area (Å²) >= 11 is 2.14. The van der Waals surface area contributed by atoms with Crippen molar-refractivity contribution in [3.05, 3.63) is 57.7 Å². The van der Waals surface area contributed by atoms with Crippen molar-refractivity contribution in [2.45, 2.75) is 0 Å². The van der Waals surface area contributed by atoms with E-state index >= 15 is 0 Å². The molecule has 0 aliphatic heterocycles. The lowest BCUT2D eigenvalue weighted by Crippen LogP contribution is -2.20. The lowest BCUT2D eigenvalue weighted by atomic mass is 10.2. The lowest BCUT2D eigenvalue weighted by molar-refractivity contribution is -0.119. The Hall–Kier alpha value is -2.09. The minimum atomic E-state index is -0.530. The van der Waals surface area contributed by atoms with Gasteiger partial charge in [0.15, 0.2) is 6.61 Å². The van der Waals surface area contributed by atoms with Crippen molar-refractivity contribution in [1.29, 1.82) is 0 Å². The van der Waals surface area contributed by atoms with Crippen molar-refractivity contribution >= 4 is 40.2 Å². The van der Waals surface area contributed by atoms with E-state index in [1.807, 2.05) is 0 Å². The SMILES string of the molecule is COc1cccc(NC(=O)COC(=O)c2ccc(I)cc2)c1. The highest BCUT2D eigenvalue weighted by atomic mass is 127. The standard InChI is InChI=1S/C16H14INO4/c1-21-14-4-2-3-13(9-14)18-15(19)10-22-16(20)11-5-7-12(17)8-6-11/h2-9H,10H2,1H3,(H,18,19). The summed E-state index contributed by atoms with van der Waals surface area (Å²) in [6.45, 7) is -0.345. The normalized spacial score (nSPS) is 9.91. The van der Waals surface area contributed by atoms with Crippen LogP contribution in [0.5, 0.6) is 5.75 Å². The van der Waals surface area contributed by atoms with E-state index in [2.05, 4.69) is 27.9 Å². The van der Waals surface area contributed by atoms with Crippen LogP contribution in [-0.4, -0.2) is 25.6 Å². The minimum absolute atomic E-state index is 0.345. The molecule has 0 fully saturated rings. The molecular formula is C16H14INO4. The van der Waals surface area contributed by atoms with Crippen LogP contribution in [0.15, 0.2) is 48.5 Å². The molecule has 0 spiro atoms. The molecule has 0 atom stereocenters. The first-order chi connectivity index (χ1) is 10.6.